The minimum absolute atomic E-state index is 0.00984. The van der Waals surface area contributed by atoms with Crippen molar-refractivity contribution >= 4 is 38.1 Å². The Kier molecular flexibility index (Phi) is 5.25. The minimum Gasteiger partial charge on any atom is -0.349 e. The highest BCUT2D eigenvalue weighted by atomic mass is 32.2. The monoisotopic (exact) mass is 324 g/mol. The Hall–Kier alpha value is -0.770. The summed E-state index contributed by atoms with van der Waals surface area (Å²) in [6.07, 6.45) is 1.55. The summed E-state index contributed by atoms with van der Waals surface area (Å²) >= 11 is 0.919. The number of carbonyl (C=O) groups is 1. The molecule has 1 aromatic heterocycles. The highest BCUT2D eigenvalue weighted by molar-refractivity contribution is 7.91. The van der Waals surface area contributed by atoms with Gasteiger partial charge in [0.1, 0.15) is 4.21 Å². The van der Waals surface area contributed by atoms with Gasteiger partial charge in [0.15, 0.2) is 0 Å². The van der Waals surface area contributed by atoms with E-state index in [4.69, 9.17) is 5.14 Å². The topological polar surface area (TPSA) is 106 Å². The van der Waals surface area contributed by atoms with Crippen LogP contribution >= 0.6 is 11.3 Å². The van der Waals surface area contributed by atoms with Crippen molar-refractivity contribution in [3.63, 3.8) is 0 Å². The first kappa shape index (κ1) is 16.3. The van der Waals surface area contributed by atoms with Crippen LogP contribution in [-0.2, 0) is 20.8 Å². The molecule has 0 saturated heterocycles. The summed E-state index contributed by atoms with van der Waals surface area (Å²) in [5, 5.41) is 9.18. The Morgan fingerprint density at radius 2 is 2.16 bits per heavy atom. The number of nitrogens with two attached hydrogens (primary N) is 1. The largest absolute Gasteiger partial charge is 0.349 e. The van der Waals surface area contributed by atoms with Crippen LogP contribution < -0.4 is 10.5 Å². The minimum atomic E-state index is -3.80. The maximum absolute atomic E-state index is 12.0. The van der Waals surface area contributed by atoms with E-state index in [0.717, 1.165) is 11.3 Å². The van der Waals surface area contributed by atoms with Gasteiger partial charge in [-0.05, 0) is 19.4 Å². The van der Waals surface area contributed by atoms with E-state index in [1.807, 2.05) is 0 Å². The molecule has 6 nitrogen and oxygen atoms in total. The number of nitrogens with one attached hydrogen (secondary N) is 1. The Balaban J connectivity index is 2.91. The third kappa shape index (κ3) is 4.37. The third-order valence-electron chi connectivity index (χ3n) is 2.36. The van der Waals surface area contributed by atoms with Gasteiger partial charge in [0, 0.05) is 34.2 Å². The predicted molar refractivity (Wildman–Crippen MR) is 76.3 cm³/mol. The van der Waals surface area contributed by atoms with Gasteiger partial charge in [-0.1, -0.05) is 0 Å². The number of primary sulfonamides is 1. The molecule has 2 atom stereocenters. The normalized spacial score (nSPS) is 14.9. The van der Waals surface area contributed by atoms with E-state index < -0.39 is 20.8 Å². The Labute approximate surface area is 118 Å². The number of rotatable bonds is 5. The zero-order valence-electron chi connectivity index (χ0n) is 10.8. The first-order chi connectivity index (χ1) is 8.62. The number of carbonyl (C=O) groups excluding carboxylic acids is 1. The summed E-state index contributed by atoms with van der Waals surface area (Å²) in [6.45, 7) is 3.27. The molecule has 0 aliphatic rings. The van der Waals surface area contributed by atoms with Gasteiger partial charge < -0.3 is 5.32 Å². The molecule has 0 fully saturated rings. The summed E-state index contributed by atoms with van der Waals surface area (Å²) in [6, 6.07) is -0.254. The smallest absolute Gasteiger partial charge is 0.252 e. The van der Waals surface area contributed by atoms with Crippen LogP contribution in [0, 0.1) is 6.92 Å². The van der Waals surface area contributed by atoms with Crippen molar-refractivity contribution in [3.8, 4) is 0 Å². The second-order valence-corrected chi connectivity index (χ2v) is 8.34. The summed E-state index contributed by atoms with van der Waals surface area (Å²) in [4.78, 5) is 12.0. The fourth-order valence-electron chi connectivity index (χ4n) is 1.60. The molecule has 1 rings (SSSR count). The maximum atomic E-state index is 12.0. The molecule has 108 valence electrons. The van der Waals surface area contributed by atoms with Gasteiger partial charge in [-0.3, -0.25) is 9.00 Å². The summed E-state index contributed by atoms with van der Waals surface area (Å²) in [7, 11) is -4.81. The molecule has 0 spiro atoms. The molecule has 0 radical (unpaired) electrons. The zero-order chi connectivity index (χ0) is 14.8. The molecule has 9 heteroatoms. The lowest BCUT2D eigenvalue weighted by Crippen LogP contribution is -2.36. The molecular formula is C10H16N2O4S3. The van der Waals surface area contributed by atoms with Crippen LogP contribution in [0.2, 0.25) is 0 Å². The maximum Gasteiger partial charge on any atom is 0.252 e. The van der Waals surface area contributed by atoms with Crippen LogP contribution in [0.15, 0.2) is 9.59 Å². The fraction of sp³-hybridized carbons (Fsp3) is 0.500. The molecule has 1 amide bonds. The molecule has 0 aliphatic carbocycles. The molecule has 2 unspecified atom stereocenters. The first-order valence-corrected chi connectivity index (χ1v) is 9.50. The average molecular weight is 324 g/mol. The van der Waals surface area contributed by atoms with Crippen molar-refractivity contribution in [2.24, 2.45) is 5.14 Å². The molecule has 0 saturated carbocycles. The second-order valence-electron chi connectivity index (χ2n) is 4.22. The van der Waals surface area contributed by atoms with E-state index in [1.165, 1.54) is 12.3 Å². The van der Waals surface area contributed by atoms with Crippen molar-refractivity contribution in [2.45, 2.75) is 24.1 Å². The third-order valence-corrected chi connectivity index (χ3v) is 6.01. The molecule has 1 heterocycles. The quantitative estimate of drug-likeness (QED) is 0.807. The van der Waals surface area contributed by atoms with Gasteiger partial charge in [0.2, 0.25) is 10.0 Å². The number of thiophene rings is 1. The standard InChI is InChI=1S/C10H16N2O4S3/c1-6(5-18(3)14)12-9(13)8-4-17-10(7(8)2)19(11,15)16/h4,6H,5H2,1-3H3,(H,12,13)(H2,11,15,16). The van der Waals surface area contributed by atoms with Crippen LogP contribution in [0.3, 0.4) is 0 Å². The van der Waals surface area contributed by atoms with Crippen LogP contribution in [0.1, 0.15) is 22.8 Å². The van der Waals surface area contributed by atoms with E-state index in [0.29, 0.717) is 11.3 Å². The molecule has 0 aromatic carbocycles. The zero-order valence-corrected chi connectivity index (χ0v) is 13.2. The van der Waals surface area contributed by atoms with Gasteiger partial charge >= 0.3 is 0 Å². The van der Waals surface area contributed by atoms with E-state index in [1.54, 1.807) is 13.2 Å². The van der Waals surface area contributed by atoms with Crippen LogP contribution in [0.5, 0.6) is 0 Å². The first-order valence-electron chi connectivity index (χ1n) is 5.34. The van der Waals surface area contributed by atoms with Gasteiger partial charge in [-0.25, -0.2) is 13.6 Å². The fourth-order valence-corrected chi connectivity index (χ4v) is 4.40. The molecule has 3 N–H and O–H groups in total. The molecular weight excluding hydrogens is 308 g/mol. The van der Waals surface area contributed by atoms with E-state index in [9.17, 15) is 17.4 Å². The van der Waals surface area contributed by atoms with Gasteiger partial charge in [0.05, 0.1) is 5.56 Å². The predicted octanol–water partition coefficient (Wildman–Crippen LogP) is 0.201. The number of sulfonamides is 1. The van der Waals surface area contributed by atoms with Crippen LogP contribution in [0.4, 0.5) is 0 Å². The van der Waals surface area contributed by atoms with Gasteiger partial charge in [-0.15, -0.1) is 11.3 Å². The Bertz CT molecular complexity index is 606. The summed E-state index contributed by atoms with van der Waals surface area (Å²) < 4.78 is 33.6. The van der Waals surface area contributed by atoms with Gasteiger partial charge in [-0.2, -0.15) is 0 Å². The van der Waals surface area contributed by atoms with Crippen LogP contribution in [-0.4, -0.2) is 36.6 Å². The Morgan fingerprint density at radius 3 is 2.58 bits per heavy atom. The van der Waals surface area contributed by atoms with Crippen molar-refractivity contribution in [1.82, 2.24) is 5.32 Å². The molecule has 0 bridgehead atoms. The lowest BCUT2D eigenvalue weighted by molar-refractivity contribution is 0.0943. The number of hydrogen-bond donors (Lipinski definition) is 2. The number of hydrogen-bond acceptors (Lipinski definition) is 5. The van der Waals surface area contributed by atoms with Crippen molar-refractivity contribution < 1.29 is 17.4 Å². The lowest BCUT2D eigenvalue weighted by Gasteiger charge is -2.12. The molecule has 0 aliphatic heterocycles. The SMILES string of the molecule is Cc1c(C(=O)NC(C)CS(C)=O)csc1S(N)(=O)=O. The van der Waals surface area contributed by atoms with Crippen molar-refractivity contribution in [1.29, 1.82) is 0 Å². The van der Waals surface area contributed by atoms with Crippen molar-refractivity contribution in [2.75, 3.05) is 12.0 Å². The Morgan fingerprint density at radius 1 is 1.58 bits per heavy atom. The van der Waals surface area contributed by atoms with Crippen molar-refractivity contribution in [3.05, 3.63) is 16.5 Å². The van der Waals surface area contributed by atoms with E-state index >= 15 is 0 Å². The summed E-state index contributed by atoms with van der Waals surface area (Å²) in [5.41, 5.74) is 0.623. The molecule has 1 aromatic rings. The second kappa shape index (κ2) is 6.12. The highest BCUT2D eigenvalue weighted by Gasteiger charge is 2.21. The molecule has 19 heavy (non-hydrogen) atoms. The number of amides is 1. The van der Waals surface area contributed by atoms with Crippen LogP contribution in [0.25, 0.3) is 0 Å². The van der Waals surface area contributed by atoms with E-state index in [2.05, 4.69) is 5.32 Å². The van der Waals surface area contributed by atoms with Gasteiger partial charge in [0.25, 0.3) is 5.91 Å². The summed E-state index contributed by atoms with van der Waals surface area (Å²) in [5.74, 6) is -0.0432. The van der Waals surface area contributed by atoms with E-state index in [-0.39, 0.29) is 21.7 Å². The lowest BCUT2D eigenvalue weighted by atomic mass is 10.2. The average Bonchev–Trinajstić information content (AvgIpc) is 2.57. The highest BCUT2D eigenvalue weighted by Crippen LogP contribution is 2.25.